The number of rotatable bonds is 4. The second kappa shape index (κ2) is 7.09. The zero-order chi connectivity index (χ0) is 15.3. The van der Waals surface area contributed by atoms with Crippen LogP contribution in [0.15, 0.2) is 0 Å². The molecule has 1 atom stereocenters. The first-order valence-electron chi connectivity index (χ1n) is 7.44. The molecule has 0 saturated carbocycles. The van der Waals surface area contributed by atoms with Gasteiger partial charge in [0.2, 0.25) is 0 Å². The molecule has 0 radical (unpaired) electrons. The SMILES string of the molecule is COC1CCCN(C(=O)NCC2(C(=O)O)CCOCC2)C1. The van der Waals surface area contributed by atoms with E-state index in [1.807, 2.05) is 0 Å². The minimum atomic E-state index is -0.898. The van der Waals surface area contributed by atoms with E-state index < -0.39 is 11.4 Å². The van der Waals surface area contributed by atoms with Crippen LogP contribution in [0, 0.1) is 5.41 Å². The van der Waals surface area contributed by atoms with Gasteiger partial charge in [-0.15, -0.1) is 0 Å². The molecule has 0 aromatic rings. The Morgan fingerprint density at radius 2 is 2.14 bits per heavy atom. The number of ether oxygens (including phenoxy) is 2. The van der Waals surface area contributed by atoms with Crippen LogP contribution in [0.2, 0.25) is 0 Å². The lowest BCUT2D eigenvalue weighted by molar-refractivity contribution is -0.154. The monoisotopic (exact) mass is 300 g/mol. The number of methoxy groups -OCH3 is 1. The molecule has 7 heteroatoms. The van der Waals surface area contributed by atoms with Crippen LogP contribution in [0.4, 0.5) is 4.79 Å². The number of amides is 2. The molecule has 2 aliphatic heterocycles. The highest BCUT2D eigenvalue weighted by molar-refractivity contribution is 5.78. The highest BCUT2D eigenvalue weighted by Crippen LogP contribution is 2.30. The minimum absolute atomic E-state index is 0.0704. The molecule has 0 aromatic carbocycles. The average Bonchev–Trinajstić information content (AvgIpc) is 2.53. The van der Waals surface area contributed by atoms with Gasteiger partial charge in [0.15, 0.2) is 0 Å². The standard InChI is InChI=1S/C14H24N2O5/c1-20-11-3-2-6-16(9-11)13(19)15-10-14(12(17)18)4-7-21-8-5-14/h11H,2-10H2,1H3,(H,15,19)(H,17,18). The largest absolute Gasteiger partial charge is 0.481 e. The van der Waals surface area contributed by atoms with Crippen molar-refractivity contribution < 1.29 is 24.2 Å². The lowest BCUT2D eigenvalue weighted by Crippen LogP contribution is -2.52. The van der Waals surface area contributed by atoms with Gasteiger partial charge in [-0.1, -0.05) is 0 Å². The summed E-state index contributed by atoms with van der Waals surface area (Å²) in [4.78, 5) is 25.4. The van der Waals surface area contributed by atoms with Crippen molar-refractivity contribution in [2.75, 3.05) is 40.0 Å². The molecule has 7 nitrogen and oxygen atoms in total. The fourth-order valence-corrected chi connectivity index (χ4v) is 2.90. The fraction of sp³-hybridized carbons (Fsp3) is 0.857. The maximum absolute atomic E-state index is 12.2. The highest BCUT2D eigenvalue weighted by Gasteiger charge is 2.40. The van der Waals surface area contributed by atoms with E-state index in [1.54, 1.807) is 12.0 Å². The molecule has 2 rings (SSSR count). The van der Waals surface area contributed by atoms with E-state index in [0.29, 0.717) is 39.1 Å². The summed E-state index contributed by atoms with van der Waals surface area (Å²) in [5, 5.41) is 12.2. The van der Waals surface area contributed by atoms with Crippen molar-refractivity contribution in [1.29, 1.82) is 0 Å². The molecule has 0 spiro atoms. The third kappa shape index (κ3) is 3.85. The summed E-state index contributed by atoms with van der Waals surface area (Å²) in [6.45, 7) is 2.26. The molecule has 2 heterocycles. The van der Waals surface area contributed by atoms with Crippen LogP contribution in [0.3, 0.4) is 0 Å². The van der Waals surface area contributed by atoms with Crippen molar-refractivity contribution in [3.63, 3.8) is 0 Å². The molecule has 0 bridgehead atoms. The number of carbonyl (C=O) groups excluding carboxylic acids is 1. The van der Waals surface area contributed by atoms with Crippen LogP contribution < -0.4 is 5.32 Å². The maximum Gasteiger partial charge on any atom is 0.317 e. The van der Waals surface area contributed by atoms with Crippen LogP contribution in [-0.2, 0) is 14.3 Å². The van der Waals surface area contributed by atoms with E-state index in [4.69, 9.17) is 9.47 Å². The summed E-state index contributed by atoms with van der Waals surface area (Å²) < 4.78 is 10.5. The van der Waals surface area contributed by atoms with Crippen molar-refractivity contribution in [2.24, 2.45) is 5.41 Å². The van der Waals surface area contributed by atoms with Crippen LogP contribution in [0.25, 0.3) is 0 Å². The van der Waals surface area contributed by atoms with E-state index in [9.17, 15) is 14.7 Å². The molecule has 0 aromatic heterocycles. The number of urea groups is 1. The third-order valence-corrected chi connectivity index (χ3v) is 4.48. The lowest BCUT2D eigenvalue weighted by Gasteiger charge is -2.35. The van der Waals surface area contributed by atoms with Gasteiger partial charge in [-0.2, -0.15) is 0 Å². The van der Waals surface area contributed by atoms with Crippen molar-refractivity contribution in [3.05, 3.63) is 0 Å². The zero-order valence-corrected chi connectivity index (χ0v) is 12.5. The Kier molecular flexibility index (Phi) is 5.41. The number of aliphatic carboxylic acids is 1. The molecule has 1 unspecified atom stereocenters. The minimum Gasteiger partial charge on any atom is -0.481 e. The topological polar surface area (TPSA) is 88.1 Å². The van der Waals surface area contributed by atoms with Gasteiger partial charge in [0.05, 0.1) is 11.5 Å². The van der Waals surface area contributed by atoms with Crippen LogP contribution in [0.5, 0.6) is 0 Å². The highest BCUT2D eigenvalue weighted by atomic mass is 16.5. The van der Waals surface area contributed by atoms with Crippen molar-refractivity contribution in [1.82, 2.24) is 10.2 Å². The van der Waals surface area contributed by atoms with Gasteiger partial charge >= 0.3 is 12.0 Å². The molecule has 2 amide bonds. The molecule has 2 aliphatic rings. The smallest absolute Gasteiger partial charge is 0.317 e. The summed E-state index contributed by atoms with van der Waals surface area (Å²) in [6, 6.07) is -0.205. The Balaban J connectivity index is 1.88. The number of carboxylic acids is 1. The number of carboxylic acid groups (broad SMARTS) is 1. The van der Waals surface area contributed by atoms with E-state index in [1.165, 1.54) is 0 Å². The molecular formula is C14H24N2O5. The summed E-state index contributed by atoms with van der Waals surface area (Å²) in [6.07, 6.45) is 2.80. The molecule has 2 N–H and O–H groups in total. The van der Waals surface area contributed by atoms with Gasteiger partial charge in [0.25, 0.3) is 0 Å². The first-order chi connectivity index (χ1) is 10.1. The number of nitrogens with one attached hydrogen (secondary N) is 1. The predicted molar refractivity (Wildman–Crippen MR) is 75.1 cm³/mol. The summed E-state index contributed by atoms with van der Waals surface area (Å²) >= 11 is 0. The van der Waals surface area contributed by atoms with E-state index in [-0.39, 0.29) is 18.7 Å². The van der Waals surface area contributed by atoms with E-state index >= 15 is 0 Å². The number of piperidine rings is 1. The molecule has 2 saturated heterocycles. The van der Waals surface area contributed by atoms with Crippen LogP contribution in [-0.4, -0.2) is 68.1 Å². The Labute approximate surface area is 124 Å². The number of carbonyl (C=O) groups is 2. The maximum atomic E-state index is 12.2. The van der Waals surface area contributed by atoms with Gasteiger partial charge in [0.1, 0.15) is 0 Å². The molecule has 2 fully saturated rings. The van der Waals surface area contributed by atoms with Crippen molar-refractivity contribution in [2.45, 2.75) is 31.8 Å². The van der Waals surface area contributed by atoms with Gasteiger partial charge < -0.3 is 24.8 Å². The lowest BCUT2D eigenvalue weighted by atomic mass is 9.80. The van der Waals surface area contributed by atoms with Gasteiger partial charge in [0, 0.05) is 40.0 Å². The molecule has 0 aliphatic carbocycles. The summed E-state index contributed by atoms with van der Waals surface area (Å²) in [5.41, 5.74) is -0.898. The number of likely N-dealkylation sites (tertiary alicyclic amines) is 1. The van der Waals surface area contributed by atoms with E-state index in [2.05, 4.69) is 5.32 Å². The fourth-order valence-electron chi connectivity index (χ4n) is 2.90. The number of hydrogen-bond acceptors (Lipinski definition) is 4. The second-order valence-electron chi connectivity index (χ2n) is 5.80. The first kappa shape index (κ1) is 16.0. The van der Waals surface area contributed by atoms with Crippen LogP contribution in [0.1, 0.15) is 25.7 Å². The van der Waals surface area contributed by atoms with Gasteiger partial charge in [-0.3, -0.25) is 4.79 Å². The Hall–Kier alpha value is -1.34. The third-order valence-electron chi connectivity index (χ3n) is 4.48. The van der Waals surface area contributed by atoms with Crippen molar-refractivity contribution in [3.8, 4) is 0 Å². The van der Waals surface area contributed by atoms with Gasteiger partial charge in [-0.25, -0.2) is 4.79 Å². The van der Waals surface area contributed by atoms with Gasteiger partial charge in [-0.05, 0) is 25.7 Å². The van der Waals surface area contributed by atoms with E-state index in [0.717, 1.165) is 12.8 Å². The predicted octanol–water partition coefficient (Wildman–Crippen LogP) is 0.688. The summed E-state index contributed by atoms with van der Waals surface area (Å²) in [5.74, 6) is -0.862. The average molecular weight is 300 g/mol. The Morgan fingerprint density at radius 1 is 1.43 bits per heavy atom. The Morgan fingerprint density at radius 3 is 2.76 bits per heavy atom. The normalized spacial score (nSPS) is 25.4. The Bertz CT molecular complexity index is 382. The second-order valence-corrected chi connectivity index (χ2v) is 5.80. The summed E-state index contributed by atoms with van der Waals surface area (Å²) in [7, 11) is 1.65. The number of nitrogens with zero attached hydrogens (tertiary/aromatic N) is 1. The molecular weight excluding hydrogens is 276 g/mol. The first-order valence-corrected chi connectivity index (χ1v) is 7.44. The zero-order valence-electron chi connectivity index (χ0n) is 12.5. The van der Waals surface area contributed by atoms with Crippen LogP contribution >= 0.6 is 0 Å². The number of hydrogen-bond donors (Lipinski definition) is 2. The molecule has 21 heavy (non-hydrogen) atoms. The quantitative estimate of drug-likeness (QED) is 0.797. The molecule has 120 valence electrons. The van der Waals surface area contributed by atoms with Crippen molar-refractivity contribution >= 4 is 12.0 Å².